The van der Waals surface area contributed by atoms with Gasteiger partial charge in [0.2, 0.25) is 0 Å². The highest BCUT2D eigenvalue weighted by atomic mass is 35.5. The molecule has 1 N–H and O–H groups in total. The second-order valence-electron chi connectivity index (χ2n) is 9.47. The molecule has 4 aromatic carbocycles. The van der Waals surface area contributed by atoms with E-state index in [1.807, 2.05) is 48.5 Å². The number of nitrogens with zero attached hydrogens (tertiary/aromatic N) is 2. The quantitative estimate of drug-likeness (QED) is 0.349. The normalized spacial score (nSPS) is 14.2. The van der Waals surface area contributed by atoms with Gasteiger partial charge in [-0.25, -0.2) is 8.42 Å². The Labute approximate surface area is 231 Å². The van der Waals surface area contributed by atoms with Crippen LogP contribution < -0.4 is 14.5 Å². The molecule has 0 saturated carbocycles. The Kier molecular flexibility index (Phi) is 6.37. The van der Waals surface area contributed by atoms with Crippen molar-refractivity contribution < 1.29 is 18.0 Å². The molecule has 7 nitrogen and oxygen atoms in total. The molecule has 0 atom stereocenters. The van der Waals surface area contributed by atoms with E-state index in [2.05, 4.69) is 4.72 Å². The molecule has 0 unspecified atom stereocenters. The maximum atomic E-state index is 13.6. The van der Waals surface area contributed by atoms with Crippen LogP contribution in [0.3, 0.4) is 0 Å². The molecule has 9 heteroatoms. The van der Waals surface area contributed by atoms with Gasteiger partial charge in [-0.05, 0) is 66.4 Å². The van der Waals surface area contributed by atoms with E-state index in [1.165, 1.54) is 24.3 Å². The van der Waals surface area contributed by atoms with Gasteiger partial charge in [0.1, 0.15) is 4.90 Å². The molecule has 0 spiro atoms. The Balaban J connectivity index is 1.30. The molecule has 0 aromatic heterocycles. The summed E-state index contributed by atoms with van der Waals surface area (Å²) in [5.74, 6) is -0.614. The lowest BCUT2D eigenvalue weighted by Crippen LogP contribution is -2.30. The molecule has 0 bridgehead atoms. The highest BCUT2D eigenvalue weighted by molar-refractivity contribution is 7.92. The lowest BCUT2D eigenvalue weighted by molar-refractivity contribution is 0.0982. The average molecular weight is 558 g/mol. The smallest absolute Gasteiger partial charge is 0.263 e. The maximum Gasteiger partial charge on any atom is 0.263 e. The van der Waals surface area contributed by atoms with E-state index in [0.29, 0.717) is 13.1 Å². The summed E-state index contributed by atoms with van der Waals surface area (Å²) >= 11 is 6.34. The summed E-state index contributed by atoms with van der Waals surface area (Å²) in [7, 11) is -4.25. The third kappa shape index (κ3) is 4.56. The van der Waals surface area contributed by atoms with Crippen LogP contribution in [0, 0.1) is 0 Å². The van der Waals surface area contributed by atoms with Crippen LogP contribution in [-0.4, -0.2) is 33.3 Å². The van der Waals surface area contributed by atoms with Crippen molar-refractivity contribution in [2.24, 2.45) is 0 Å². The molecule has 196 valence electrons. The first-order valence-corrected chi connectivity index (χ1v) is 14.4. The van der Waals surface area contributed by atoms with Crippen molar-refractivity contribution in [1.29, 1.82) is 0 Å². The van der Waals surface area contributed by atoms with Crippen LogP contribution in [0.25, 0.3) is 0 Å². The standard InChI is InChI=1S/C30H24ClN3O4S/c31-24-14-13-22(29(35)33-17-15-20-7-1-5-11-26(20)33)19-28(24)39(37,38)32-25-10-4-3-9-23(25)30(36)34-18-16-21-8-2-6-12-27(21)34/h1-14,19,32H,15-18H2. The fourth-order valence-corrected chi connectivity index (χ4v) is 6.81. The average Bonchev–Trinajstić information content (AvgIpc) is 3.57. The van der Waals surface area contributed by atoms with Gasteiger partial charge >= 0.3 is 0 Å². The second kappa shape index (κ2) is 9.87. The summed E-state index contributed by atoms with van der Waals surface area (Å²) in [6, 6.07) is 26.0. The number of para-hydroxylation sites is 3. The molecule has 4 aromatic rings. The fraction of sp³-hybridized carbons (Fsp3) is 0.133. The predicted octanol–water partition coefficient (Wildman–Crippen LogP) is 5.55. The number of sulfonamides is 1. The minimum atomic E-state index is -4.25. The van der Waals surface area contributed by atoms with Crippen molar-refractivity contribution in [3.8, 4) is 0 Å². The summed E-state index contributed by atoms with van der Waals surface area (Å²) in [6.45, 7) is 1.02. The molecule has 39 heavy (non-hydrogen) atoms. The SMILES string of the molecule is O=C(c1ccc(Cl)c(S(=O)(=O)Nc2ccccc2C(=O)N2CCc3ccccc32)c1)N1CCc2ccccc21. The van der Waals surface area contributed by atoms with Gasteiger partial charge in [0.15, 0.2) is 0 Å². The van der Waals surface area contributed by atoms with Crippen molar-refractivity contribution in [1.82, 2.24) is 0 Å². The van der Waals surface area contributed by atoms with Crippen LogP contribution in [-0.2, 0) is 22.9 Å². The number of halogens is 1. The lowest BCUT2D eigenvalue weighted by atomic mass is 10.1. The monoisotopic (exact) mass is 557 g/mol. The third-order valence-electron chi connectivity index (χ3n) is 7.13. The highest BCUT2D eigenvalue weighted by Gasteiger charge is 2.30. The van der Waals surface area contributed by atoms with Crippen LogP contribution in [0.4, 0.5) is 17.1 Å². The zero-order valence-electron chi connectivity index (χ0n) is 20.8. The van der Waals surface area contributed by atoms with Crippen molar-refractivity contribution >= 4 is 50.5 Å². The predicted molar refractivity (Wildman–Crippen MR) is 152 cm³/mol. The highest BCUT2D eigenvalue weighted by Crippen LogP contribution is 2.33. The molecule has 2 heterocycles. The molecule has 0 radical (unpaired) electrons. The van der Waals surface area contributed by atoms with Crippen LogP contribution in [0.1, 0.15) is 31.8 Å². The van der Waals surface area contributed by atoms with E-state index < -0.39 is 10.0 Å². The van der Waals surface area contributed by atoms with Gasteiger partial charge in [-0.2, -0.15) is 0 Å². The molecule has 2 aliphatic heterocycles. The van der Waals surface area contributed by atoms with Gasteiger partial charge in [-0.1, -0.05) is 60.1 Å². The summed E-state index contributed by atoms with van der Waals surface area (Å²) in [4.78, 5) is 30.0. The maximum absolute atomic E-state index is 13.6. The van der Waals surface area contributed by atoms with Gasteiger partial charge in [-0.3, -0.25) is 14.3 Å². The van der Waals surface area contributed by atoms with Crippen LogP contribution >= 0.6 is 11.6 Å². The molecule has 0 fully saturated rings. The van der Waals surface area contributed by atoms with Crippen molar-refractivity contribution in [2.75, 3.05) is 27.6 Å². The Hall–Kier alpha value is -4.14. The number of carbonyl (C=O) groups is 2. The molecule has 2 amide bonds. The summed E-state index contributed by atoms with van der Waals surface area (Å²) in [6.07, 6.45) is 1.46. The Bertz CT molecular complexity index is 1740. The number of hydrogen-bond donors (Lipinski definition) is 1. The second-order valence-corrected chi connectivity index (χ2v) is 11.5. The Morgan fingerprint density at radius 1 is 0.718 bits per heavy atom. The van der Waals surface area contributed by atoms with E-state index >= 15 is 0 Å². The molecule has 0 aliphatic carbocycles. The van der Waals surface area contributed by atoms with E-state index in [0.717, 1.165) is 35.3 Å². The first-order valence-electron chi connectivity index (χ1n) is 12.5. The number of rotatable bonds is 5. The van der Waals surface area contributed by atoms with Crippen molar-refractivity contribution in [3.63, 3.8) is 0 Å². The first kappa shape index (κ1) is 25.2. The summed E-state index contributed by atoms with van der Waals surface area (Å²) in [5.41, 5.74) is 4.32. The zero-order valence-corrected chi connectivity index (χ0v) is 22.4. The van der Waals surface area contributed by atoms with E-state index in [1.54, 1.807) is 28.0 Å². The number of carbonyl (C=O) groups excluding carboxylic acids is 2. The van der Waals surface area contributed by atoms with Crippen molar-refractivity contribution in [2.45, 2.75) is 17.7 Å². The fourth-order valence-electron chi connectivity index (χ4n) is 5.20. The summed E-state index contributed by atoms with van der Waals surface area (Å²) in [5, 5.41) is -0.0295. The van der Waals surface area contributed by atoms with E-state index in [9.17, 15) is 18.0 Å². The topological polar surface area (TPSA) is 86.8 Å². The van der Waals surface area contributed by atoms with Gasteiger partial charge in [0, 0.05) is 30.0 Å². The minimum absolute atomic E-state index is 0.0295. The van der Waals surface area contributed by atoms with Gasteiger partial charge in [-0.15, -0.1) is 0 Å². The van der Waals surface area contributed by atoms with Crippen LogP contribution in [0.15, 0.2) is 95.9 Å². The van der Waals surface area contributed by atoms with Crippen molar-refractivity contribution in [3.05, 3.63) is 118 Å². The number of fused-ring (bicyclic) bond motifs is 2. The molecular weight excluding hydrogens is 534 g/mol. The molecule has 2 aliphatic rings. The third-order valence-corrected chi connectivity index (χ3v) is 8.98. The number of nitrogens with one attached hydrogen (secondary N) is 1. The number of amides is 2. The number of anilines is 3. The van der Waals surface area contributed by atoms with Gasteiger partial charge in [0.05, 0.1) is 16.3 Å². The van der Waals surface area contributed by atoms with Crippen LogP contribution in [0.5, 0.6) is 0 Å². The van der Waals surface area contributed by atoms with Gasteiger partial charge in [0.25, 0.3) is 21.8 Å². The van der Waals surface area contributed by atoms with Crippen LogP contribution in [0.2, 0.25) is 5.02 Å². The molecule has 6 rings (SSSR count). The largest absolute Gasteiger partial charge is 0.308 e. The number of benzene rings is 4. The summed E-state index contributed by atoms with van der Waals surface area (Å²) < 4.78 is 29.7. The molecular formula is C30H24ClN3O4S. The Morgan fingerprint density at radius 2 is 1.28 bits per heavy atom. The first-order chi connectivity index (χ1) is 18.8. The Morgan fingerprint density at radius 3 is 1.95 bits per heavy atom. The lowest BCUT2D eigenvalue weighted by Gasteiger charge is -2.20. The van der Waals surface area contributed by atoms with E-state index in [-0.39, 0.29) is 38.5 Å². The minimum Gasteiger partial charge on any atom is -0.308 e. The van der Waals surface area contributed by atoms with E-state index in [4.69, 9.17) is 11.6 Å². The number of hydrogen-bond acceptors (Lipinski definition) is 4. The van der Waals surface area contributed by atoms with Gasteiger partial charge < -0.3 is 9.80 Å². The zero-order chi connectivity index (χ0) is 27.1. The molecule has 0 saturated heterocycles.